The molecule has 0 saturated carbocycles. The quantitative estimate of drug-likeness (QED) is 0.810. The Hall–Kier alpha value is -2.04. The Balaban J connectivity index is 2.97. The summed E-state index contributed by atoms with van der Waals surface area (Å²) in [5.41, 5.74) is 0.433. The number of benzene rings is 1. The molecule has 0 saturated heterocycles. The molecule has 18 heavy (non-hydrogen) atoms. The van der Waals surface area contributed by atoms with Crippen LogP contribution in [0.4, 0.5) is 0 Å². The van der Waals surface area contributed by atoms with Crippen LogP contribution in [-0.4, -0.2) is 28.3 Å². The van der Waals surface area contributed by atoms with Gasteiger partial charge in [0, 0.05) is 0 Å². The third-order valence-corrected chi connectivity index (χ3v) is 2.31. The zero-order valence-electron chi connectivity index (χ0n) is 10.3. The third-order valence-electron chi connectivity index (χ3n) is 2.31. The molecule has 5 heteroatoms. The highest BCUT2D eigenvalue weighted by Gasteiger charge is 2.23. The molecule has 1 atom stereocenters. The van der Waals surface area contributed by atoms with Gasteiger partial charge in [-0.05, 0) is 31.5 Å². The average molecular weight is 252 g/mol. The van der Waals surface area contributed by atoms with Crippen molar-refractivity contribution in [3.8, 4) is 5.75 Å². The van der Waals surface area contributed by atoms with Gasteiger partial charge in [-0.3, -0.25) is 9.59 Å². The van der Waals surface area contributed by atoms with E-state index in [1.54, 1.807) is 24.3 Å². The van der Waals surface area contributed by atoms with Gasteiger partial charge in [-0.15, -0.1) is 0 Å². The van der Waals surface area contributed by atoms with Crippen LogP contribution in [0.15, 0.2) is 24.3 Å². The van der Waals surface area contributed by atoms with E-state index in [1.165, 1.54) is 0 Å². The molecule has 0 heterocycles. The molecule has 2 N–H and O–H groups in total. The normalized spacial score (nSPS) is 12.2. The first-order valence-electron chi connectivity index (χ1n) is 5.61. The predicted molar refractivity (Wildman–Crippen MR) is 64.8 cm³/mol. The molecule has 0 aliphatic carbocycles. The Bertz CT molecular complexity index is 439. The number of ether oxygens (including phenoxy) is 1. The van der Waals surface area contributed by atoms with Crippen molar-refractivity contribution >= 4 is 11.9 Å². The van der Waals surface area contributed by atoms with Gasteiger partial charge in [-0.25, -0.2) is 0 Å². The van der Waals surface area contributed by atoms with Crippen molar-refractivity contribution < 1.29 is 24.5 Å². The Morgan fingerprint density at radius 3 is 2.44 bits per heavy atom. The fourth-order valence-electron chi connectivity index (χ4n) is 1.60. The molecule has 1 unspecified atom stereocenters. The molecule has 0 amide bonds. The first kappa shape index (κ1) is 14.0. The molecule has 98 valence electrons. The average Bonchev–Trinajstić information content (AvgIpc) is 2.24. The summed E-state index contributed by atoms with van der Waals surface area (Å²) in [6.07, 6.45) is -0.469. The standard InChI is InChI=1S/C13H16O5/c1-8(2)18-10-5-3-4-9(6-10)11(13(16)17)7-12(14)15/h3-6,8,11H,7H2,1-2H3,(H,14,15)(H,16,17). The summed E-state index contributed by atoms with van der Waals surface area (Å²) < 4.78 is 5.45. The maximum atomic E-state index is 11.1. The van der Waals surface area contributed by atoms with E-state index in [1.807, 2.05) is 13.8 Å². The van der Waals surface area contributed by atoms with Gasteiger partial charge in [0.25, 0.3) is 0 Å². The van der Waals surface area contributed by atoms with Gasteiger partial charge >= 0.3 is 11.9 Å². The van der Waals surface area contributed by atoms with E-state index in [-0.39, 0.29) is 6.10 Å². The number of carboxylic acid groups (broad SMARTS) is 2. The van der Waals surface area contributed by atoms with Crippen molar-refractivity contribution in [2.24, 2.45) is 0 Å². The molecule has 0 spiro atoms. The zero-order chi connectivity index (χ0) is 13.7. The zero-order valence-corrected chi connectivity index (χ0v) is 10.3. The van der Waals surface area contributed by atoms with E-state index in [2.05, 4.69) is 0 Å². The highest BCUT2D eigenvalue weighted by Crippen LogP contribution is 2.24. The van der Waals surface area contributed by atoms with Crippen LogP contribution in [-0.2, 0) is 9.59 Å². The van der Waals surface area contributed by atoms with Crippen molar-refractivity contribution in [1.82, 2.24) is 0 Å². The number of rotatable bonds is 6. The number of carbonyl (C=O) groups is 2. The van der Waals surface area contributed by atoms with Gasteiger partial charge in [0.15, 0.2) is 0 Å². The maximum Gasteiger partial charge on any atom is 0.311 e. The Morgan fingerprint density at radius 1 is 1.28 bits per heavy atom. The number of hydrogen-bond acceptors (Lipinski definition) is 3. The van der Waals surface area contributed by atoms with Crippen molar-refractivity contribution in [2.75, 3.05) is 0 Å². The SMILES string of the molecule is CC(C)Oc1cccc(C(CC(=O)O)C(=O)O)c1. The lowest BCUT2D eigenvalue weighted by molar-refractivity contribution is -0.145. The van der Waals surface area contributed by atoms with Crippen LogP contribution in [0.5, 0.6) is 5.75 Å². The van der Waals surface area contributed by atoms with Crippen molar-refractivity contribution in [2.45, 2.75) is 32.3 Å². The summed E-state index contributed by atoms with van der Waals surface area (Å²) in [5, 5.41) is 17.8. The fraction of sp³-hybridized carbons (Fsp3) is 0.385. The van der Waals surface area contributed by atoms with Gasteiger partial charge in [0.1, 0.15) is 5.75 Å². The Labute approximate surface area is 105 Å². The van der Waals surface area contributed by atoms with Crippen molar-refractivity contribution in [3.05, 3.63) is 29.8 Å². The second kappa shape index (κ2) is 6.05. The molecule has 1 aromatic rings. The van der Waals surface area contributed by atoms with Crippen LogP contribution in [0.2, 0.25) is 0 Å². The van der Waals surface area contributed by atoms with Crippen LogP contribution < -0.4 is 4.74 Å². The highest BCUT2D eigenvalue weighted by atomic mass is 16.5. The van der Waals surface area contributed by atoms with Gasteiger partial charge in [-0.1, -0.05) is 12.1 Å². The van der Waals surface area contributed by atoms with Gasteiger partial charge in [0.05, 0.1) is 18.4 Å². The summed E-state index contributed by atoms with van der Waals surface area (Å²) in [5.74, 6) is -2.81. The van der Waals surface area contributed by atoms with Crippen LogP contribution in [0.3, 0.4) is 0 Å². The summed E-state index contributed by atoms with van der Waals surface area (Å²) >= 11 is 0. The molecule has 1 rings (SSSR count). The largest absolute Gasteiger partial charge is 0.491 e. The summed E-state index contributed by atoms with van der Waals surface area (Å²) in [6, 6.07) is 6.53. The molecule has 0 aromatic heterocycles. The minimum absolute atomic E-state index is 0.0250. The minimum atomic E-state index is -1.15. The van der Waals surface area contributed by atoms with E-state index in [4.69, 9.17) is 14.9 Å². The molecule has 5 nitrogen and oxygen atoms in total. The highest BCUT2D eigenvalue weighted by molar-refractivity contribution is 5.82. The summed E-state index contributed by atoms with van der Waals surface area (Å²) in [7, 11) is 0. The summed E-state index contributed by atoms with van der Waals surface area (Å²) in [4.78, 5) is 21.7. The predicted octanol–water partition coefficient (Wildman–Crippen LogP) is 2.12. The molecule has 0 aliphatic heterocycles. The van der Waals surface area contributed by atoms with Gasteiger partial charge in [0.2, 0.25) is 0 Å². The molecule has 0 fully saturated rings. The number of carboxylic acids is 2. The minimum Gasteiger partial charge on any atom is -0.491 e. The van der Waals surface area contributed by atoms with E-state index >= 15 is 0 Å². The van der Waals surface area contributed by atoms with E-state index in [0.717, 1.165) is 0 Å². The lowest BCUT2D eigenvalue weighted by Crippen LogP contribution is -2.16. The summed E-state index contributed by atoms with van der Waals surface area (Å²) in [6.45, 7) is 3.72. The second-order valence-electron chi connectivity index (χ2n) is 4.23. The van der Waals surface area contributed by atoms with E-state index in [9.17, 15) is 9.59 Å². The van der Waals surface area contributed by atoms with Crippen LogP contribution in [0.1, 0.15) is 31.7 Å². The monoisotopic (exact) mass is 252 g/mol. The lowest BCUT2D eigenvalue weighted by atomic mass is 9.96. The Morgan fingerprint density at radius 2 is 1.94 bits per heavy atom. The smallest absolute Gasteiger partial charge is 0.311 e. The first-order chi connectivity index (χ1) is 8.40. The fourth-order valence-corrected chi connectivity index (χ4v) is 1.60. The second-order valence-corrected chi connectivity index (χ2v) is 4.23. The van der Waals surface area contributed by atoms with Gasteiger partial charge < -0.3 is 14.9 Å². The molecule has 1 aromatic carbocycles. The molecular formula is C13H16O5. The number of hydrogen-bond donors (Lipinski definition) is 2. The van der Waals surface area contributed by atoms with Crippen molar-refractivity contribution in [3.63, 3.8) is 0 Å². The lowest BCUT2D eigenvalue weighted by Gasteiger charge is -2.14. The maximum absolute atomic E-state index is 11.1. The van der Waals surface area contributed by atoms with Crippen LogP contribution in [0, 0.1) is 0 Å². The first-order valence-corrected chi connectivity index (χ1v) is 5.61. The van der Waals surface area contributed by atoms with Gasteiger partial charge in [-0.2, -0.15) is 0 Å². The Kier molecular flexibility index (Phi) is 4.71. The van der Waals surface area contributed by atoms with Crippen molar-refractivity contribution in [1.29, 1.82) is 0 Å². The topological polar surface area (TPSA) is 83.8 Å². The molecule has 0 aliphatic rings. The third kappa shape index (κ3) is 4.08. The van der Waals surface area contributed by atoms with E-state index in [0.29, 0.717) is 11.3 Å². The molecular weight excluding hydrogens is 236 g/mol. The van der Waals surface area contributed by atoms with E-state index < -0.39 is 24.3 Å². The molecule has 0 radical (unpaired) electrons. The van der Waals surface area contributed by atoms with Crippen LogP contribution in [0.25, 0.3) is 0 Å². The van der Waals surface area contributed by atoms with Crippen LogP contribution >= 0.6 is 0 Å². The number of aliphatic carboxylic acids is 2. The molecule has 0 bridgehead atoms.